The Morgan fingerprint density at radius 1 is 1.59 bits per heavy atom. The Bertz CT molecular complexity index is 451. The smallest absolute Gasteiger partial charge is 0.239 e. The van der Waals surface area contributed by atoms with Gasteiger partial charge >= 0.3 is 0 Å². The molecule has 0 aliphatic carbocycles. The molecule has 1 aromatic carbocycles. The number of primary amides is 1. The van der Waals surface area contributed by atoms with Crippen LogP contribution >= 0.6 is 15.9 Å². The lowest BCUT2D eigenvalue weighted by Gasteiger charge is -2.15. The van der Waals surface area contributed by atoms with Crippen molar-refractivity contribution in [3.63, 3.8) is 0 Å². The molecule has 0 fully saturated rings. The molecule has 1 unspecified atom stereocenters. The second kappa shape index (κ2) is 4.93. The summed E-state index contributed by atoms with van der Waals surface area (Å²) in [5.41, 5.74) is 6.12. The Hall–Kier alpha value is -1.27. The molecule has 2 rings (SSSR count). The van der Waals surface area contributed by atoms with E-state index in [1.54, 1.807) is 6.07 Å². The lowest BCUT2D eigenvalue weighted by Crippen LogP contribution is -2.33. The van der Waals surface area contributed by atoms with Crippen molar-refractivity contribution in [2.24, 2.45) is 5.73 Å². The summed E-state index contributed by atoms with van der Waals surface area (Å²) in [5.74, 6) is 0.865. The number of carbonyl (C=O) groups is 1. The molecule has 1 atom stereocenters. The van der Waals surface area contributed by atoms with Gasteiger partial charge < -0.3 is 20.5 Å². The number of amides is 1. The minimum Gasteiger partial charge on any atom is -0.454 e. The number of ether oxygens (including phenoxy) is 2. The first kappa shape index (κ1) is 12.2. The molecule has 0 bridgehead atoms. The van der Waals surface area contributed by atoms with Crippen LogP contribution in [0.25, 0.3) is 0 Å². The molecule has 6 heteroatoms. The van der Waals surface area contributed by atoms with Gasteiger partial charge in [-0.3, -0.25) is 4.79 Å². The van der Waals surface area contributed by atoms with Gasteiger partial charge in [0.25, 0.3) is 0 Å². The standard InChI is InChI=1S/C11H13BrN2O3/c1-2-14-9(11(13)15)6-3-7(12)10-8(4-6)16-5-17-10/h3-4,9,14H,2,5H2,1H3,(H2,13,15). The van der Waals surface area contributed by atoms with E-state index in [9.17, 15) is 4.79 Å². The zero-order valence-corrected chi connectivity index (χ0v) is 10.9. The number of hydrogen-bond acceptors (Lipinski definition) is 4. The Labute approximate surface area is 107 Å². The molecule has 5 nitrogen and oxygen atoms in total. The summed E-state index contributed by atoms with van der Waals surface area (Å²) in [6.07, 6.45) is 0. The number of rotatable bonds is 4. The average molecular weight is 301 g/mol. The molecule has 0 spiro atoms. The molecule has 1 aromatic rings. The highest BCUT2D eigenvalue weighted by Crippen LogP contribution is 2.41. The normalized spacial score (nSPS) is 14.7. The van der Waals surface area contributed by atoms with Crippen LogP contribution in [0, 0.1) is 0 Å². The van der Waals surface area contributed by atoms with Gasteiger partial charge in [-0.05, 0) is 40.2 Å². The van der Waals surface area contributed by atoms with E-state index in [1.165, 1.54) is 0 Å². The third-order valence-electron chi connectivity index (χ3n) is 2.48. The number of halogens is 1. The van der Waals surface area contributed by atoms with Gasteiger partial charge in [0.2, 0.25) is 12.7 Å². The predicted molar refractivity (Wildman–Crippen MR) is 65.9 cm³/mol. The van der Waals surface area contributed by atoms with E-state index in [-0.39, 0.29) is 6.79 Å². The predicted octanol–water partition coefficient (Wildman–Crippen LogP) is 1.31. The fourth-order valence-electron chi connectivity index (χ4n) is 1.74. The molecule has 0 saturated carbocycles. The van der Waals surface area contributed by atoms with Crippen molar-refractivity contribution < 1.29 is 14.3 Å². The number of hydrogen-bond donors (Lipinski definition) is 2. The number of carbonyl (C=O) groups excluding carboxylic acids is 1. The highest BCUT2D eigenvalue weighted by Gasteiger charge is 2.23. The van der Waals surface area contributed by atoms with Gasteiger partial charge in [0.05, 0.1) is 4.47 Å². The molecule has 3 N–H and O–H groups in total. The summed E-state index contributed by atoms with van der Waals surface area (Å²) >= 11 is 3.38. The van der Waals surface area contributed by atoms with Crippen LogP contribution in [0.3, 0.4) is 0 Å². The van der Waals surface area contributed by atoms with Crippen molar-refractivity contribution in [3.05, 3.63) is 22.2 Å². The van der Waals surface area contributed by atoms with E-state index in [0.717, 1.165) is 10.0 Å². The maximum absolute atomic E-state index is 11.4. The molecule has 0 radical (unpaired) electrons. The summed E-state index contributed by atoms with van der Waals surface area (Å²) in [6, 6.07) is 3.06. The van der Waals surface area contributed by atoms with Crippen LogP contribution in [0.1, 0.15) is 18.5 Å². The Morgan fingerprint density at radius 3 is 3.00 bits per heavy atom. The van der Waals surface area contributed by atoms with Gasteiger partial charge in [-0.15, -0.1) is 0 Å². The molecule has 0 aromatic heterocycles. The van der Waals surface area contributed by atoms with Crippen molar-refractivity contribution in [2.45, 2.75) is 13.0 Å². The monoisotopic (exact) mass is 300 g/mol. The minimum absolute atomic E-state index is 0.194. The van der Waals surface area contributed by atoms with Crippen molar-refractivity contribution in [1.29, 1.82) is 0 Å². The van der Waals surface area contributed by atoms with E-state index in [4.69, 9.17) is 15.2 Å². The molecule has 0 saturated heterocycles. The third-order valence-corrected chi connectivity index (χ3v) is 3.06. The van der Waals surface area contributed by atoms with E-state index >= 15 is 0 Å². The van der Waals surface area contributed by atoms with Crippen molar-refractivity contribution >= 4 is 21.8 Å². The number of likely N-dealkylation sites (N-methyl/N-ethyl adjacent to an activating group) is 1. The van der Waals surface area contributed by atoms with Crippen LogP contribution in [0.5, 0.6) is 11.5 Å². The highest BCUT2D eigenvalue weighted by molar-refractivity contribution is 9.10. The zero-order valence-electron chi connectivity index (χ0n) is 9.33. The lowest BCUT2D eigenvalue weighted by atomic mass is 10.1. The van der Waals surface area contributed by atoms with E-state index in [2.05, 4.69) is 21.2 Å². The molecule has 1 amide bonds. The molecule has 17 heavy (non-hydrogen) atoms. The van der Waals surface area contributed by atoms with Crippen LogP contribution in [0.2, 0.25) is 0 Å². The molecule has 1 aliphatic rings. The maximum Gasteiger partial charge on any atom is 0.239 e. The number of nitrogens with one attached hydrogen (secondary N) is 1. The topological polar surface area (TPSA) is 73.6 Å². The minimum atomic E-state index is -0.522. The van der Waals surface area contributed by atoms with Crippen LogP contribution in [0.15, 0.2) is 16.6 Å². The van der Waals surface area contributed by atoms with Crippen molar-refractivity contribution in [3.8, 4) is 11.5 Å². The number of benzene rings is 1. The second-order valence-corrected chi connectivity index (χ2v) is 4.48. The quantitative estimate of drug-likeness (QED) is 0.879. The average Bonchev–Trinajstić information content (AvgIpc) is 2.73. The largest absolute Gasteiger partial charge is 0.454 e. The van der Waals surface area contributed by atoms with Gasteiger partial charge in [-0.25, -0.2) is 0 Å². The molecule has 1 heterocycles. The van der Waals surface area contributed by atoms with E-state index in [1.807, 2.05) is 13.0 Å². The summed E-state index contributed by atoms with van der Waals surface area (Å²) < 4.78 is 11.3. The van der Waals surface area contributed by atoms with Crippen LogP contribution < -0.4 is 20.5 Å². The van der Waals surface area contributed by atoms with Gasteiger partial charge in [-0.1, -0.05) is 6.92 Å². The fraction of sp³-hybridized carbons (Fsp3) is 0.364. The second-order valence-electron chi connectivity index (χ2n) is 3.63. The summed E-state index contributed by atoms with van der Waals surface area (Å²) in [6.45, 7) is 2.76. The molecule has 92 valence electrons. The first-order valence-electron chi connectivity index (χ1n) is 5.25. The SMILES string of the molecule is CCNC(C(N)=O)c1cc(Br)c2c(c1)OCO2. The Balaban J connectivity index is 2.38. The number of nitrogens with two attached hydrogens (primary N) is 1. The molecule has 1 aliphatic heterocycles. The van der Waals surface area contributed by atoms with Gasteiger partial charge in [0, 0.05) is 0 Å². The first-order valence-corrected chi connectivity index (χ1v) is 6.04. The van der Waals surface area contributed by atoms with Crippen LogP contribution in [-0.2, 0) is 4.79 Å². The van der Waals surface area contributed by atoms with Gasteiger partial charge in [-0.2, -0.15) is 0 Å². The van der Waals surface area contributed by atoms with E-state index < -0.39 is 11.9 Å². The number of fused-ring (bicyclic) bond motifs is 1. The van der Waals surface area contributed by atoms with Crippen molar-refractivity contribution in [1.82, 2.24) is 5.32 Å². The lowest BCUT2D eigenvalue weighted by molar-refractivity contribution is -0.120. The third kappa shape index (κ3) is 2.37. The van der Waals surface area contributed by atoms with Gasteiger partial charge in [0.1, 0.15) is 6.04 Å². The summed E-state index contributed by atoms with van der Waals surface area (Å²) in [5, 5.41) is 3.02. The molecular weight excluding hydrogens is 288 g/mol. The fourth-order valence-corrected chi connectivity index (χ4v) is 2.32. The zero-order chi connectivity index (χ0) is 12.4. The van der Waals surface area contributed by atoms with Crippen molar-refractivity contribution in [2.75, 3.05) is 13.3 Å². The summed E-state index contributed by atoms with van der Waals surface area (Å²) in [7, 11) is 0. The summed E-state index contributed by atoms with van der Waals surface area (Å²) in [4.78, 5) is 11.4. The highest BCUT2D eigenvalue weighted by atomic mass is 79.9. The van der Waals surface area contributed by atoms with Crippen LogP contribution in [-0.4, -0.2) is 19.2 Å². The maximum atomic E-state index is 11.4. The molecular formula is C11H13BrN2O3. The van der Waals surface area contributed by atoms with Crippen LogP contribution in [0.4, 0.5) is 0 Å². The Kier molecular flexibility index (Phi) is 3.54. The first-order chi connectivity index (χ1) is 8.13. The van der Waals surface area contributed by atoms with Gasteiger partial charge in [0.15, 0.2) is 11.5 Å². The van der Waals surface area contributed by atoms with E-state index in [0.29, 0.717) is 18.0 Å². The Morgan fingerprint density at radius 2 is 2.35 bits per heavy atom.